The molecule has 0 aliphatic heterocycles. The molecule has 29 heavy (non-hydrogen) atoms. The Morgan fingerprint density at radius 2 is 2.10 bits per heavy atom. The first-order valence-electron chi connectivity index (χ1n) is 8.53. The molecule has 2 heterocycles. The lowest BCUT2D eigenvalue weighted by Crippen LogP contribution is -2.06. The van der Waals surface area contributed by atoms with E-state index >= 15 is 0 Å². The average Bonchev–Trinajstić information content (AvgIpc) is 3.17. The number of ketones is 1. The summed E-state index contributed by atoms with van der Waals surface area (Å²) in [4.78, 5) is 19.8. The standard InChI is InChI=1S/C19H17ClF2N6O/c1-2-15(29)7-12-4-3-5-13(6-12)8-23-17-16(20)10-24-19(27-17)26-14-9-25-28(11-14)18(21)22/h2-6,9-11,18H,1,7-8H2,(H2,23,24,26,27). The van der Waals surface area contributed by atoms with Crippen molar-refractivity contribution in [2.45, 2.75) is 19.5 Å². The number of allylic oxidation sites excluding steroid dienone is 1. The number of alkyl halides is 2. The summed E-state index contributed by atoms with van der Waals surface area (Å²) < 4.78 is 25.7. The number of carbonyl (C=O) groups excluding carboxylic acids is 1. The van der Waals surface area contributed by atoms with Crippen LogP contribution < -0.4 is 10.6 Å². The first-order chi connectivity index (χ1) is 13.9. The van der Waals surface area contributed by atoms with E-state index in [0.29, 0.717) is 27.8 Å². The van der Waals surface area contributed by atoms with Crippen LogP contribution in [0.3, 0.4) is 0 Å². The van der Waals surface area contributed by atoms with Gasteiger partial charge in [0.05, 0.1) is 24.3 Å². The Morgan fingerprint density at radius 3 is 2.83 bits per heavy atom. The van der Waals surface area contributed by atoms with Gasteiger partial charge in [-0.15, -0.1) is 0 Å². The topological polar surface area (TPSA) is 84.7 Å². The molecular formula is C19H17ClF2N6O. The van der Waals surface area contributed by atoms with Gasteiger partial charge in [0.15, 0.2) is 11.6 Å². The molecule has 0 aliphatic carbocycles. The van der Waals surface area contributed by atoms with Crippen molar-refractivity contribution in [2.75, 3.05) is 10.6 Å². The van der Waals surface area contributed by atoms with Crippen molar-refractivity contribution in [3.05, 3.63) is 71.7 Å². The summed E-state index contributed by atoms with van der Waals surface area (Å²) in [6.45, 7) is 1.16. The number of benzene rings is 1. The molecule has 1 aromatic carbocycles. The number of aromatic nitrogens is 4. The largest absolute Gasteiger partial charge is 0.365 e. The van der Waals surface area contributed by atoms with Crippen LogP contribution in [0.5, 0.6) is 0 Å². The summed E-state index contributed by atoms with van der Waals surface area (Å²) in [6.07, 6.45) is 5.37. The number of nitrogens with zero attached hydrogens (tertiary/aromatic N) is 4. The molecule has 150 valence electrons. The highest BCUT2D eigenvalue weighted by atomic mass is 35.5. The van der Waals surface area contributed by atoms with Crippen LogP contribution in [0, 0.1) is 0 Å². The van der Waals surface area contributed by atoms with Gasteiger partial charge in [0.1, 0.15) is 5.02 Å². The molecule has 0 spiro atoms. The Balaban J connectivity index is 1.68. The van der Waals surface area contributed by atoms with Gasteiger partial charge < -0.3 is 10.6 Å². The fourth-order valence-corrected chi connectivity index (χ4v) is 2.66. The second-order valence-electron chi connectivity index (χ2n) is 6.02. The van der Waals surface area contributed by atoms with Crippen LogP contribution in [0.4, 0.5) is 26.2 Å². The zero-order chi connectivity index (χ0) is 20.8. The molecule has 7 nitrogen and oxygen atoms in total. The Kier molecular flexibility index (Phi) is 6.50. The van der Waals surface area contributed by atoms with Crippen molar-refractivity contribution >= 4 is 34.8 Å². The second kappa shape index (κ2) is 9.24. The molecule has 0 unspecified atom stereocenters. The molecule has 0 saturated carbocycles. The van der Waals surface area contributed by atoms with E-state index in [1.165, 1.54) is 18.5 Å². The zero-order valence-corrected chi connectivity index (χ0v) is 15.9. The first-order valence-corrected chi connectivity index (χ1v) is 8.91. The Bertz CT molecular complexity index is 1020. The average molecular weight is 419 g/mol. The summed E-state index contributed by atoms with van der Waals surface area (Å²) >= 11 is 6.14. The van der Waals surface area contributed by atoms with E-state index in [2.05, 4.69) is 32.3 Å². The molecule has 0 atom stereocenters. The lowest BCUT2D eigenvalue weighted by molar-refractivity contribution is -0.114. The van der Waals surface area contributed by atoms with Crippen molar-refractivity contribution in [1.82, 2.24) is 19.7 Å². The van der Waals surface area contributed by atoms with Crippen molar-refractivity contribution in [3.63, 3.8) is 0 Å². The van der Waals surface area contributed by atoms with Crippen molar-refractivity contribution in [1.29, 1.82) is 0 Å². The number of nitrogens with one attached hydrogen (secondary N) is 2. The fourth-order valence-electron chi connectivity index (χ4n) is 2.50. The number of halogens is 3. The number of rotatable bonds is 9. The lowest BCUT2D eigenvalue weighted by Gasteiger charge is -2.10. The van der Waals surface area contributed by atoms with Crippen LogP contribution in [-0.4, -0.2) is 25.5 Å². The normalized spacial score (nSPS) is 10.8. The predicted molar refractivity (Wildman–Crippen MR) is 106 cm³/mol. The highest BCUT2D eigenvalue weighted by molar-refractivity contribution is 6.32. The highest BCUT2D eigenvalue weighted by Gasteiger charge is 2.10. The van der Waals surface area contributed by atoms with Crippen LogP contribution >= 0.6 is 11.6 Å². The van der Waals surface area contributed by atoms with Gasteiger partial charge in [-0.1, -0.05) is 42.4 Å². The third-order valence-electron chi connectivity index (χ3n) is 3.86. The Hall–Kier alpha value is -3.33. The van der Waals surface area contributed by atoms with Crippen molar-refractivity contribution in [3.8, 4) is 0 Å². The summed E-state index contributed by atoms with van der Waals surface area (Å²) in [5.41, 5.74) is 2.13. The number of hydrogen-bond donors (Lipinski definition) is 2. The van der Waals surface area contributed by atoms with Crippen LogP contribution in [0.1, 0.15) is 17.7 Å². The molecule has 2 aromatic heterocycles. The molecule has 0 radical (unpaired) electrons. The second-order valence-corrected chi connectivity index (χ2v) is 6.43. The van der Waals surface area contributed by atoms with E-state index in [1.54, 1.807) is 0 Å². The zero-order valence-electron chi connectivity index (χ0n) is 15.1. The molecule has 3 aromatic rings. The van der Waals surface area contributed by atoms with Gasteiger partial charge in [-0.05, 0) is 17.2 Å². The lowest BCUT2D eigenvalue weighted by atomic mass is 10.1. The monoisotopic (exact) mass is 418 g/mol. The van der Waals surface area contributed by atoms with E-state index in [9.17, 15) is 13.6 Å². The number of carbonyl (C=O) groups is 1. The van der Waals surface area contributed by atoms with Gasteiger partial charge in [-0.25, -0.2) is 9.67 Å². The first kappa shape index (κ1) is 20.4. The van der Waals surface area contributed by atoms with Crippen LogP contribution in [-0.2, 0) is 17.8 Å². The Morgan fingerprint density at radius 1 is 1.31 bits per heavy atom. The minimum absolute atomic E-state index is 0.0557. The molecule has 0 fully saturated rings. The summed E-state index contributed by atoms with van der Waals surface area (Å²) in [7, 11) is 0. The third-order valence-corrected chi connectivity index (χ3v) is 4.14. The molecular weight excluding hydrogens is 402 g/mol. The molecule has 10 heteroatoms. The van der Waals surface area contributed by atoms with Gasteiger partial charge in [0.2, 0.25) is 5.95 Å². The SMILES string of the molecule is C=CC(=O)Cc1cccc(CNc2nc(Nc3cnn(C(F)F)c3)ncc2Cl)c1. The smallest absolute Gasteiger partial charge is 0.333 e. The van der Waals surface area contributed by atoms with Crippen molar-refractivity contribution in [2.24, 2.45) is 0 Å². The number of anilines is 3. The third kappa shape index (κ3) is 5.58. The predicted octanol–water partition coefficient (Wildman–Crippen LogP) is 4.37. The molecule has 2 N–H and O–H groups in total. The quantitative estimate of drug-likeness (QED) is 0.502. The van der Waals surface area contributed by atoms with Gasteiger partial charge in [0.25, 0.3) is 0 Å². The molecule has 3 rings (SSSR count). The minimum atomic E-state index is -2.73. The van der Waals surface area contributed by atoms with Gasteiger partial charge in [0, 0.05) is 13.0 Å². The maximum absolute atomic E-state index is 12.6. The highest BCUT2D eigenvalue weighted by Crippen LogP contribution is 2.22. The van der Waals surface area contributed by atoms with E-state index in [1.807, 2.05) is 24.3 Å². The summed E-state index contributed by atoms with van der Waals surface area (Å²) in [5, 5.41) is 9.74. The van der Waals surface area contributed by atoms with Gasteiger partial charge in [-0.3, -0.25) is 4.79 Å². The fraction of sp³-hybridized carbons (Fsp3) is 0.158. The van der Waals surface area contributed by atoms with E-state index in [-0.39, 0.29) is 18.2 Å². The molecule has 0 bridgehead atoms. The summed E-state index contributed by atoms with van der Waals surface area (Å²) in [6, 6.07) is 7.53. The van der Waals surface area contributed by atoms with Gasteiger partial charge >= 0.3 is 6.55 Å². The van der Waals surface area contributed by atoms with Crippen molar-refractivity contribution < 1.29 is 13.6 Å². The molecule has 0 amide bonds. The van der Waals surface area contributed by atoms with Gasteiger partial charge in [-0.2, -0.15) is 18.9 Å². The molecule has 0 aliphatic rings. The number of hydrogen-bond acceptors (Lipinski definition) is 6. The van der Waals surface area contributed by atoms with Crippen LogP contribution in [0.2, 0.25) is 5.02 Å². The molecule has 0 saturated heterocycles. The van der Waals surface area contributed by atoms with Crippen LogP contribution in [0.15, 0.2) is 55.5 Å². The van der Waals surface area contributed by atoms with E-state index in [4.69, 9.17) is 11.6 Å². The van der Waals surface area contributed by atoms with E-state index in [0.717, 1.165) is 17.3 Å². The van der Waals surface area contributed by atoms with Crippen LogP contribution in [0.25, 0.3) is 0 Å². The Labute approximate surface area is 170 Å². The minimum Gasteiger partial charge on any atom is -0.365 e. The maximum Gasteiger partial charge on any atom is 0.333 e. The summed E-state index contributed by atoms with van der Waals surface area (Å²) in [5.74, 6) is 0.494. The maximum atomic E-state index is 12.6. The van der Waals surface area contributed by atoms with E-state index < -0.39 is 6.55 Å².